The van der Waals surface area contributed by atoms with Gasteiger partial charge < -0.3 is 24.3 Å². The summed E-state index contributed by atoms with van der Waals surface area (Å²) in [4.78, 5) is 19.8. The summed E-state index contributed by atoms with van der Waals surface area (Å²) in [6.45, 7) is 12.7. The SMILES string of the molecule is Cc1ccc2c(=O)c(C[NH+]3CC[NH+](Cc4ccc5c(c4)OCO5)CC3)c(C)[nH]c2c1C. The number of aromatic amines is 1. The number of ether oxygens (including phenoxy) is 2. The summed E-state index contributed by atoms with van der Waals surface area (Å²) in [5.41, 5.74) is 6.78. The molecule has 3 heterocycles. The molecule has 0 radical (unpaired) electrons. The van der Waals surface area contributed by atoms with E-state index in [4.69, 9.17) is 9.47 Å². The molecule has 0 unspecified atom stereocenters. The minimum atomic E-state index is 0.192. The third-order valence-electron chi connectivity index (χ3n) is 7.00. The summed E-state index contributed by atoms with van der Waals surface area (Å²) in [6.07, 6.45) is 0. The minimum Gasteiger partial charge on any atom is -0.454 e. The summed E-state index contributed by atoms with van der Waals surface area (Å²) in [5.74, 6) is 1.70. The van der Waals surface area contributed by atoms with Crippen LogP contribution in [0.15, 0.2) is 35.1 Å². The maximum absolute atomic E-state index is 13.2. The van der Waals surface area contributed by atoms with Crippen molar-refractivity contribution in [3.05, 3.63) is 68.5 Å². The van der Waals surface area contributed by atoms with Crippen molar-refractivity contribution in [2.75, 3.05) is 33.0 Å². The van der Waals surface area contributed by atoms with Crippen LogP contribution >= 0.6 is 0 Å². The number of nitrogens with one attached hydrogen (secondary N) is 3. The average Bonchev–Trinajstić information content (AvgIpc) is 3.23. The van der Waals surface area contributed by atoms with Crippen LogP contribution in [-0.2, 0) is 13.1 Å². The highest BCUT2D eigenvalue weighted by Gasteiger charge is 2.26. The van der Waals surface area contributed by atoms with Crippen LogP contribution in [0.5, 0.6) is 11.5 Å². The van der Waals surface area contributed by atoms with Crippen LogP contribution in [0.25, 0.3) is 10.9 Å². The monoisotopic (exact) mass is 421 g/mol. The predicted octanol–water partition coefficient (Wildman–Crippen LogP) is 0.666. The van der Waals surface area contributed by atoms with E-state index in [-0.39, 0.29) is 5.43 Å². The largest absolute Gasteiger partial charge is 0.454 e. The molecule has 0 bridgehead atoms. The molecule has 2 aliphatic heterocycles. The molecule has 2 aliphatic rings. The number of rotatable bonds is 4. The molecule has 0 atom stereocenters. The standard InChI is InChI=1S/C25H29N3O3/c1-16-4-6-20-24(17(16)2)26-18(3)21(25(20)29)14-28-10-8-27(9-11-28)13-19-5-7-22-23(12-19)31-15-30-22/h4-7,12H,8-11,13-15H2,1-3H3,(H,26,29)/p+2. The van der Waals surface area contributed by atoms with Gasteiger partial charge in [0.25, 0.3) is 0 Å². The van der Waals surface area contributed by atoms with E-state index < -0.39 is 0 Å². The number of benzene rings is 2. The second kappa shape index (κ2) is 8.02. The smallest absolute Gasteiger partial charge is 0.231 e. The first-order valence-electron chi connectivity index (χ1n) is 11.2. The summed E-state index contributed by atoms with van der Waals surface area (Å²) in [7, 11) is 0. The van der Waals surface area contributed by atoms with Gasteiger partial charge in [0.2, 0.25) is 6.79 Å². The molecule has 6 heteroatoms. The van der Waals surface area contributed by atoms with Gasteiger partial charge in [-0.1, -0.05) is 6.07 Å². The number of H-pyrrole nitrogens is 1. The molecule has 0 saturated carbocycles. The van der Waals surface area contributed by atoms with Gasteiger partial charge in [0, 0.05) is 16.6 Å². The van der Waals surface area contributed by atoms with Gasteiger partial charge in [0.1, 0.15) is 39.3 Å². The molecule has 0 amide bonds. The molecule has 162 valence electrons. The predicted molar refractivity (Wildman–Crippen MR) is 120 cm³/mol. The van der Waals surface area contributed by atoms with Crippen molar-refractivity contribution in [2.45, 2.75) is 33.9 Å². The zero-order valence-electron chi connectivity index (χ0n) is 18.6. The molecule has 1 aromatic heterocycles. The maximum Gasteiger partial charge on any atom is 0.231 e. The Morgan fingerprint density at radius 3 is 2.39 bits per heavy atom. The van der Waals surface area contributed by atoms with Crippen molar-refractivity contribution in [2.24, 2.45) is 0 Å². The van der Waals surface area contributed by atoms with Crippen molar-refractivity contribution in [3.8, 4) is 11.5 Å². The molecule has 6 nitrogen and oxygen atoms in total. The molecule has 3 aromatic rings. The Bertz CT molecular complexity index is 1190. The van der Waals surface area contributed by atoms with Crippen molar-refractivity contribution in [1.82, 2.24) is 4.98 Å². The van der Waals surface area contributed by atoms with Crippen LogP contribution in [0.1, 0.15) is 27.9 Å². The average molecular weight is 422 g/mol. The summed E-state index contributed by atoms with van der Waals surface area (Å²) >= 11 is 0. The van der Waals surface area contributed by atoms with Crippen molar-refractivity contribution >= 4 is 10.9 Å². The first-order valence-corrected chi connectivity index (χ1v) is 11.2. The number of fused-ring (bicyclic) bond motifs is 2. The number of aryl methyl sites for hydroxylation is 3. The number of hydrogen-bond donors (Lipinski definition) is 3. The first-order chi connectivity index (χ1) is 15.0. The van der Waals surface area contributed by atoms with Crippen LogP contribution < -0.4 is 24.7 Å². The highest BCUT2D eigenvalue weighted by atomic mass is 16.7. The molecule has 1 fully saturated rings. The fourth-order valence-corrected chi connectivity index (χ4v) is 4.88. The normalized spacial score (nSPS) is 20.4. The maximum atomic E-state index is 13.2. The van der Waals surface area contributed by atoms with Gasteiger partial charge in [-0.2, -0.15) is 0 Å². The lowest BCUT2D eigenvalue weighted by molar-refractivity contribution is -1.02. The van der Waals surface area contributed by atoms with Gasteiger partial charge in [0.15, 0.2) is 16.9 Å². The number of pyridine rings is 1. The Kier molecular flexibility index (Phi) is 5.20. The van der Waals surface area contributed by atoms with Gasteiger partial charge in [-0.25, -0.2) is 0 Å². The van der Waals surface area contributed by atoms with Gasteiger partial charge in [-0.05, 0) is 56.2 Å². The Hall–Kier alpha value is -2.83. The van der Waals surface area contributed by atoms with E-state index >= 15 is 0 Å². The molecular formula is C25H31N3O3+2. The Labute approximate surface area is 182 Å². The van der Waals surface area contributed by atoms with Crippen molar-refractivity contribution in [3.63, 3.8) is 0 Å². The highest BCUT2D eigenvalue weighted by molar-refractivity contribution is 5.83. The van der Waals surface area contributed by atoms with E-state index in [0.29, 0.717) is 6.79 Å². The lowest BCUT2D eigenvalue weighted by Crippen LogP contribution is -3.27. The number of quaternary nitrogens is 2. The van der Waals surface area contributed by atoms with E-state index in [0.717, 1.165) is 78.5 Å². The van der Waals surface area contributed by atoms with E-state index in [1.54, 1.807) is 4.90 Å². The molecule has 5 rings (SSSR count). The van der Waals surface area contributed by atoms with Gasteiger partial charge in [-0.3, -0.25) is 4.79 Å². The zero-order valence-corrected chi connectivity index (χ0v) is 18.6. The Morgan fingerprint density at radius 1 is 0.903 bits per heavy atom. The fraction of sp³-hybridized carbons (Fsp3) is 0.400. The summed E-state index contributed by atoms with van der Waals surface area (Å²) < 4.78 is 10.9. The van der Waals surface area contributed by atoms with Crippen LogP contribution in [0.3, 0.4) is 0 Å². The molecule has 3 N–H and O–H groups in total. The third kappa shape index (κ3) is 3.82. The zero-order chi connectivity index (χ0) is 21.5. The second-order valence-electron chi connectivity index (χ2n) is 9.03. The van der Waals surface area contributed by atoms with Gasteiger partial charge >= 0.3 is 0 Å². The van der Waals surface area contributed by atoms with E-state index in [1.807, 2.05) is 19.1 Å². The van der Waals surface area contributed by atoms with Crippen molar-refractivity contribution in [1.29, 1.82) is 0 Å². The molecule has 0 aliphatic carbocycles. The van der Waals surface area contributed by atoms with E-state index in [9.17, 15) is 4.79 Å². The third-order valence-corrected chi connectivity index (χ3v) is 7.00. The number of aromatic nitrogens is 1. The van der Waals surface area contributed by atoms with Gasteiger partial charge in [0.05, 0.1) is 11.1 Å². The van der Waals surface area contributed by atoms with E-state index in [1.165, 1.54) is 16.0 Å². The van der Waals surface area contributed by atoms with Gasteiger partial charge in [-0.15, -0.1) is 0 Å². The molecule has 0 spiro atoms. The van der Waals surface area contributed by atoms with Crippen LogP contribution in [0, 0.1) is 20.8 Å². The van der Waals surface area contributed by atoms with Crippen LogP contribution in [0.2, 0.25) is 0 Å². The quantitative estimate of drug-likeness (QED) is 0.580. The van der Waals surface area contributed by atoms with Crippen molar-refractivity contribution < 1.29 is 19.3 Å². The highest BCUT2D eigenvalue weighted by Crippen LogP contribution is 2.32. The second-order valence-corrected chi connectivity index (χ2v) is 9.03. The summed E-state index contributed by atoms with van der Waals surface area (Å²) in [5, 5.41) is 0.815. The minimum absolute atomic E-state index is 0.192. The molecule has 2 aromatic carbocycles. The fourth-order valence-electron chi connectivity index (χ4n) is 4.88. The topological polar surface area (TPSA) is 60.2 Å². The summed E-state index contributed by atoms with van der Waals surface area (Å²) in [6, 6.07) is 10.3. The lowest BCUT2D eigenvalue weighted by atomic mass is 10.0. The Morgan fingerprint density at radius 2 is 1.61 bits per heavy atom. The number of piperazine rings is 1. The van der Waals surface area contributed by atoms with Crippen LogP contribution in [0.4, 0.5) is 0 Å². The van der Waals surface area contributed by atoms with Crippen LogP contribution in [-0.4, -0.2) is 38.0 Å². The molecule has 31 heavy (non-hydrogen) atoms. The van der Waals surface area contributed by atoms with E-state index in [2.05, 4.69) is 37.0 Å². The lowest BCUT2D eigenvalue weighted by Gasteiger charge is -2.30. The number of hydrogen-bond acceptors (Lipinski definition) is 3. The Balaban J connectivity index is 1.26. The molecular weight excluding hydrogens is 390 g/mol. The molecule has 1 saturated heterocycles. The first kappa shape index (κ1) is 20.1.